The van der Waals surface area contributed by atoms with E-state index < -0.39 is 11.9 Å². The van der Waals surface area contributed by atoms with Crippen molar-refractivity contribution in [2.45, 2.75) is 6.42 Å². The molecular weight excluding hydrogens is 316 g/mol. The molecule has 1 aromatic carbocycles. The number of hydrogen-bond donors (Lipinski definition) is 1. The molecule has 1 atom stereocenters. The van der Waals surface area contributed by atoms with Crippen molar-refractivity contribution in [3.63, 3.8) is 0 Å². The summed E-state index contributed by atoms with van der Waals surface area (Å²) < 4.78 is 14.9. The maximum Gasteiger partial charge on any atom is 0.325 e. The normalized spacial score (nSPS) is 16.7. The summed E-state index contributed by atoms with van der Waals surface area (Å²) in [5, 5.41) is 2.47. The lowest BCUT2D eigenvalue weighted by atomic mass is 10.1. The van der Waals surface area contributed by atoms with Gasteiger partial charge in [0.2, 0.25) is 11.8 Å². The van der Waals surface area contributed by atoms with E-state index in [1.165, 1.54) is 26.2 Å². The number of methoxy groups -OCH3 is 3. The molecule has 1 fully saturated rings. The molecule has 0 aliphatic carbocycles. The summed E-state index contributed by atoms with van der Waals surface area (Å²) >= 11 is 0. The van der Waals surface area contributed by atoms with Gasteiger partial charge in [-0.15, -0.1) is 0 Å². The number of benzene rings is 1. The SMILES string of the molecule is COC(=O)CNC(=O)[C@@H]1CC(=O)N(c2cc(OC)ccc2OC)C1. The van der Waals surface area contributed by atoms with Crippen LogP contribution in [0.4, 0.5) is 5.69 Å². The zero-order valence-electron chi connectivity index (χ0n) is 13.8. The van der Waals surface area contributed by atoms with Crippen molar-refractivity contribution >= 4 is 23.5 Å². The average Bonchev–Trinajstić information content (AvgIpc) is 3.00. The van der Waals surface area contributed by atoms with E-state index in [2.05, 4.69) is 10.1 Å². The smallest absolute Gasteiger partial charge is 0.325 e. The zero-order valence-corrected chi connectivity index (χ0v) is 13.8. The highest BCUT2D eigenvalue weighted by molar-refractivity contribution is 6.01. The molecule has 2 amide bonds. The van der Waals surface area contributed by atoms with Crippen LogP contribution in [0.2, 0.25) is 0 Å². The van der Waals surface area contributed by atoms with Crippen LogP contribution in [0.15, 0.2) is 18.2 Å². The van der Waals surface area contributed by atoms with Crippen LogP contribution in [-0.4, -0.2) is 52.2 Å². The molecule has 0 saturated carbocycles. The van der Waals surface area contributed by atoms with Gasteiger partial charge in [0, 0.05) is 19.0 Å². The first-order chi connectivity index (χ1) is 11.5. The zero-order chi connectivity index (χ0) is 17.7. The minimum absolute atomic E-state index is 0.0629. The second kappa shape index (κ2) is 7.67. The lowest BCUT2D eigenvalue weighted by Crippen LogP contribution is -2.36. The van der Waals surface area contributed by atoms with E-state index in [1.807, 2.05) is 0 Å². The fourth-order valence-corrected chi connectivity index (χ4v) is 2.50. The standard InChI is InChI=1S/C16H20N2O6/c1-22-11-4-5-13(23-2)12(7-11)18-9-10(6-14(18)19)16(21)17-8-15(20)24-3/h4-5,7,10H,6,8-9H2,1-3H3,(H,17,21)/t10-/m1/s1. The van der Waals surface area contributed by atoms with Crippen LogP contribution >= 0.6 is 0 Å². The van der Waals surface area contributed by atoms with Crippen LogP contribution in [0.25, 0.3) is 0 Å². The van der Waals surface area contributed by atoms with E-state index in [0.717, 1.165) is 0 Å². The Balaban J connectivity index is 2.12. The molecule has 0 spiro atoms. The molecule has 24 heavy (non-hydrogen) atoms. The Morgan fingerprint density at radius 1 is 1.25 bits per heavy atom. The van der Waals surface area contributed by atoms with E-state index in [4.69, 9.17) is 9.47 Å². The molecular formula is C16H20N2O6. The number of anilines is 1. The Morgan fingerprint density at radius 2 is 2.00 bits per heavy atom. The fraction of sp³-hybridized carbons (Fsp3) is 0.438. The highest BCUT2D eigenvalue weighted by Crippen LogP contribution is 2.35. The molecule has 1 saturated heterocycles. The Labute approximate surface area is 139 Å². The number of carbonyl (C=O) groups excluding carboxylic acids is 3. The van der Waals surface area contributed by atoms with Crippen LogP contribution in [0.3, 0.4) is 0 Å². The first-order valence-electron chi connectivity index (χ1n) is 7.37. The number of hydrogen-bond acceptors (Lipinski definition) is 6. The van der Waals surface area contributed by atoms with Gasteiger partial charge >= 0.3 is 5.97 Å². The van der Waals surface area contributed by atoms with Crippen LogP contribution in [0.1, 0.15) is 6.42 Å². The van der Waals surface area contributed by atoms with Gasteiger partial charge in [-0.1, -0.05) is 0 Å². The third-order valence-electron chi connectivity index (χ3n) is 3.81. The lowest BCUT2D eigenvalue weighted by Gasteiger charge is -2.20. The Morgan fingerprint density at radius 3 is 2.62 bits per heavy atom. The number of carbonyl (C=O) groups is 3. The first-order valence-corrected chi connectivity index (χ1v) is 7.37. The largest absolute Gasteiger partial charge is 0.497 e. The minimum Gasteiger partial charge on any atom is -0.497 e. The number of nitrogens with one attached hydrogen (secondary N) is 1. The molecule has 0 unspecified atom stereocenters. The Hall–Kier alpha value is -2.77. The van der Waals surface area contributed by atoms with Crippen molar-refractivity contribution in [2.75, 3.05) is 39.3 Å². The van der Waals surface area contributed by atoms with E-state index in [9.17, 15) is 14.4 Å². The second-order valence-electron chi connectivity index (χ2n) is 5.24. The number of ether oxygens (including phenoxy) is 3. The Bertz CT molecular complexity index is 645. The summed E-state index contributed by atoms with van der Waals surface area (Å²) in [5.41, 5.74) is 0.546. The van der Waals surface area contributed by atoms with Crippen molar-refractivity contribution in [3.05, 3.63) is 18.2 Å². The number of amides is 2. The molecule has 0 bridgehead atoms. The monoisotopic (exact) mass is 336 g/mol. The molecule has 2 rings (SSSR count). The fourth-order valence-electron chi connectivity index (χ4n) is 2.50. The van der Waals surface area contributed by atoms with Gasteiger partial charge in [0.1, 0.15) is 18.0 Å². The van der Waals surface area contributed by atoms with Crippen LogP contribution in [-0.2, 0) is 19.1 Å². The summed E-state index contributed by atoms with van der Waals surface area (Å²) in [5.74, 6) is -0.549. The van der Waals surface area contributed by atoms with Crippen molar-refractivity contribution in [3.8, 4) is 11.5 Å². The van der Waals surface area contributed by atoms with Crippen LogP contribution < -0.4 is 19.7 Å². The highest BCUT2D eigenvalue weighted by Gasteiger charge is 2.36. The van der Waals surface area contributed by atoms with Gasteiger partial charge < -0.3 is 24.4 Å². The molecule has 0 aromatic heterocycles. The van der Waals surface area contributed by atoms with Gasteiger partial charge in [0.25, 0.3) is 0 Å². The summed E-state index contributed by atoms with van der Waals surface area (Å²) in [6.45, 7) is -0.0160. The molecule has 8 nitrogen and oxygen atoms in total. The molecule has 130 valence electrons. The molecule has 1 N–H and O–H groups in total. The van der Waals surface area contributed by atoms with Crippen LogP contribution in [0, 0.1) is 5.92 Å². The van der Waals surface area contributed by atoms with Crippen molar-refractivity contribution in [1.29, 1.82) is 0 Å². The quantitative estimate of drug-likeness (QED) is 0.753. The summed E-state index contributed by atoms with van der Waals surface area (Å²) in [4.78, 5) is 37.0. The summed E-state index contributed by atoms with van der Waals surface area (Å²) in [7, 11) is 4.28. The molecule has 1 heterocycles. The van der Waals surface area contributed by atoms with Crippen LogP contribution in [0.5, 0.6) is 11.5 Å². The molecule has 1 aliphatic heterocycles. The molecule has 0 radical (unpaired) electrons. The van der Waals surface area contributed by atoms with Crippen molar-refractivity contribution < 1.29 is 28.6 Å². The maximum absolute atomic E-state index is 12.3. The van der Waals surface area contributed by atoms with Crippen molar-refractivity contribution in [2.24, 2.45) is 5.92 Å². The number of esters is 1. The van der Waals surface area contributed by atoms with Gasteiger partial charge in [-0.2, -0.15) is 0 Å². The second-order valence-corrected chi connectivity index (χ2v) is 5.24. The third kappa shape index (κ3) is 3.76. The van der Waals surface area contributed by atoms with Gasteiger partial charge in [0.15, 0.2) is 0 Å². The lowest BCUT2D eigenvalue weighted by molar-refractivity contribution is -0.141. The van der Waals surface area contributed by atoms with E-state index >= 15 is 0 Å². The first kappa shape index (κ1) is 17.6. The maximum atomic E-state index is 12.3. The highest BCUT2D eigenvalue weighted by atomic mass is 16.5. The molecule has 1 aromatic rings. The average molecular weight is 336 g/mol. The molecule has 1 aliphatic rings. The number of nitrogens with zero attached hydrogens (tertiary/aromatic N) is 1. The predicted molar refractivity (Wildman–Crippen MR) is 85.0 cm³/mol. The van der Waals surface area contributed by atoms with Gasteiger partial charge in [-0.3, -0.25) is 14.4 Å². The Kier molecular flexibility index (Phi) is 5.62. The summed E-state index contributed by atoms with van der Waals surface area (Å²) in [6.07, 6.45) is 0.0629. The summed E-state index contributed by atoms with van der Waals surface area (Å²) in [6, 6.07) is 5.11. The molecule has 8 heteroatoms. The van der Waals surface area contributed by atoms with E-state index in [1.54, 1.807) is 18.2 Å². The topological polar surface area (TPSA) is 94.2 Å². The third-order valence-corrected chi connectivity index (χ3v) is 3.81. The predicted octanol–water partition coefficient (Wildman–Crippen LogP) is 0.346. The van der Waals surface area contributed by atoms with E-state index in [0.29, 0.717) is 17.2 Å². The van der Waals surface area contributed by atoms with Gasteiger partial charge in [0.05, 0.1) is 32.9 Å². The van der Waals surface area contributed by atoms with Crippen molar-refractivity contribution in [1.82, 2.24) is 5.32 Å². The van der Waals surface area contributed by atoms with Gasteiger partial charge in [-0.25, -0.2) is 0 Å². The number of rotatable bonds is 6. The minimum atomic E-state index is -0.543. The van der Waals surface area contributed by atoms with Gasteiger partial charge in [-0.05, 0) is 12.1 Å². The van der Waals surface area contributed by atoms with E-state index in [-0.39, 0.29) is 31.3 Å².